The van der Waals surface area contributed by atoms with Gasteiger partial charge in [-0.1, -0.05) is 36.7 Å². The van der Waals surface area contributed by atoms with Crippen molar-refractivity contribution in [2.24, 2.45) is 5.92 Å². The largest absolute Gasteiger partial charge is 0.496 e. The Morgan fingerprint density at radius 2 is 1.90 bits per heavy atom. The van der Waals surface area contributed by atoms with Gasteiger partial charge in [0.15, 0.2) is 0 Å². The molecule has 0 unspecified atom stereocenters. The van der Waals surface area contributed by atoms with E-state index in [0.717, 1.165) is 12.8 Å². The number of hydrogen-bond donors (Lipinski definition) is 1. The Balaban J connectivity index is 1.83. The van der Waals surface area contributed by atoms with Crippen LogP contribution in [0.1, 0.15) is 35.7 Å². The molecule has 0 aromatic heterocycles. The number of hydrogen-bond acceptors (Lipinski definition) is 4. The van der Waals surface area contributed by atoms with Crippen LogP contribution in [0.25, 0.3) is 0 Å². The van der Waals surface area contributed by atoms with Crippen molar-refractivity contribution in [1.82, 2.24) is 9.62 Å². The second-order valence-corrected chi connectivity index (χ2v) is 9.43. The van der Waals surface area contributed by atoms with Gasteiger partial charge in [0.2, 0.25) is 10.0 Å². The van der Waals surface area contributed by atoms with Crippen LogP contribution in [0, 0.1) is 5.92 Å². The van der Waals surface area contributed by atoms with Gasteiger partial charge in [-0.25, -0.2) is 13.1 Å². The molecule has 0 aliphatic carbocycles. The lowest BCUT2D eigenvalue weighted by Gasteiger charge is -2.30. The van der Waals surface area contributed by atoms with Crippen LogP contribution >= 0.6 is 11.6 Å². The molecule has 8 heteroatoms. The average molecular weight is 437 g/mol. The van der Waals surface area contributed by atoms with Crippen LogP contribution in [0.15, 0.2) is 47.4 Å². The van der Waals surface area contributed by atoms with Crippen molar-refractivity contribution < 1.29 is 17.9 Å². The number of nitrogens with one attached hydrogen (secondary N) is 1. The fourth-order valence-corrected chi connectivity index (χ4v) is 4.54. The van der Waals surface area contributed by atoms with Gasteiger partial charge in [-0.3, -0.25) is 4.79 Å². The van der Waals surface area contributed by atoms with Crippen molar-refractivity contribution in [3.63, 3.8) is 0 Å². The highest BCUT2D eigenvalue weighted by Crippen LogP contribution is 2.26. The first kappa shape index (κ1) is 21.6. The first-order valence-electron chi connectivity index (χ1n) is 9.52. The molecule has 1 fully saturated rings. The summed E-state index contributed by atoms with van der Waals surface area (Å²) in [5.41, 5.74) is 0.924. The Kier molecular flexibility index (Phi) is 6.82. The molecular formula is C21H25ClN2O4S. The van der Waals surface area contributed by atoms with Gasteiger partial charge >= 0.3 is 0 Å². The highest BCUT2D eigenvalue weighted by molar-refractivity contribution is 7.89. The monoisotopic (exact) mass is 436 g/mol. The number of benzene rings is 2. The molecule has 2 aromatic carbocycles. The van der Waals surface area contributed by atoms with Gasteiger partial charge in [-0.05, 0) is 48.6 Å². The lowest BCUT2D eigenvalue weighted by Crippen LogP contribution is -2.38. The summed E-state index contributed by atoms with van der Waals surface area (Å²) in [7, 11) is -2.36. The molecule has 29 heavy (non-hydrogen) atoms. The lowest BCUT2D eigenvalue weighted by atomic mass is 9.98. The minimum atomic E-state index is -3.83. The number of rotatable bonds is 6. The molecule has 1 N–H and O–H groups in total. The highest BCUT2D eigenvalue weighted by atomic mass is 35.5. The fourth-order valence-electron chi connectivity index (χ4n) is 3.30. The van der Waals surface area contributed by atoms with E-state index in [-0.39, 0.29) is 22.9 Å². The molecule has 0 atom stereocenters. The molecule has 0 bridgehead atoms. The second kappa shape index (κ2) is 9.15. The number of methoxy groups -OCH3 is 1. The summed E-state index contributed by atoms with van der Waals surface area (Å²) < 4.78 is 33.4. The van der Waals surface area contributed by atoms with Crippen molar-refractivity contribution in [3.05, 3.63) is 58.6 Å². The van der Waals surface area contributed by atoms with E-state index in [1.54, 1.807) is 29.2 Å². The summed E-state index contributed by atoms with van der Waals surface area (Å²) in [6, 6.07) is 11.4. The predicted octanol–water partition coefficient (Wildman–Crippen LogP) is 3.70. The van der Waals surface area contributed by atoms with E-state index < -0.39 is 10.0 Å². The molecule has 0 saturated carbocycles. The first-order chi connectivity index (χ1) is 13.8. The van der Waals surface area contributed by atoms with E-state index in [0.29, 0.717) is 35.3 Å². The molecule has 1 aliphatic rings. The zero-order chi connectivity index (χ0) is 21.0. The summed E-state index contributed by atoms with van der Waals surface area (Å²) in [6.07, 6.45) is 1.87. The smallest absolute Gasteiger partial charge is 0.257 e. The van der Waals surface area contributed by atoms with Gasteiger partial charge in [0.1, 0.15) is 5.75 Å². The van der Waals surface area contributed by atoms with E-state index in [1.807, 2.05) is 0 Å². The summed E-state index contributed by atoms with van der Waals surface area (Å²) in [5.74, 6) is 0.734. The SMILES string of the molecule is COc1ccc(S(=O)(=O)NCc2ccccc2Cl)cc1C(=O)N1CCC(C)CC1. The van der Waals surface area contributed by atoms with Gasteiger partial charge in [0, 0.05) is 24.7 Å². The van der Waals surface area contributed by atoms with Crippen molar-refractivity contribution in [2.75, 3.05) is 20.2 Å². The summed E-state index contributed by atoms with van der Waals surface area (Å²) in [5, 5.41) is 0.486. The predicted molar refractivity (Wildman–Crippen MR) is 113 cm³/mol. The number of ether oxygens (including phenoxy) is 1. The fraction of sp³-hybridized carbons (Fsp3) is 0.381. The van der Waals surface area contributed by atoms with Crippen molar-refractivity contribution in [3.8, 4) is 5.75 Å². The summed E-state index contributed by atoms with van der Waals surface area (Å²) in [6.45, 7) is 3.54. The molecule has 0 spiro atoms. The Hall–Kier alpha value is -2.09. The third-order valence-corrected chi connectivity index (χ3v) is 6.96. The van der Waals surface area contributed by atoms with Crippen molar-refractivity contribution in [1.29, 1.82) is 0 Å². The van der Waals surface area contributed by atoms with Crippen LogP contribution in [-0.4, -0.2) is 39.4 Å². The molecule has 1 heterocycles. The zero-order valence-corrected chi connectivity index (χ0v) is 18.1. The summed E-state index contributed by atoms with van der Waals surface area (Å²) in [4.78, 5) is 14.8. The van der Waals surface area contributed by atoms with Crippen LogP contribution in [0.5, 0.6) is 5.75 Å². The van der Waals surface area contributed by atoms with E-state index in [2.05, 4.69) is 11.6 Å². The van der Waals surface area contributed by atoms with E-state index in [1.165, 1.54) is 25.3 Å². The van der Waals surface area contributed by atoms with E-state index in [4.69, 9.17) is 16.3 Å². The molecule has 156 valence electrons. The highest BCUT2D eigenvalue weighted by Gasteiger charge is 2.26. The molecule has 3 rings (SSSR count). The summed E-state index contributed by atoms with van der Waals surface area (Å²) >= 11 is 6.10. The maximum absolute atomic E-state index is 13.0. The van der Waals surface area contributed by atoms with Crippen molar-refractivity contribution in [2.45, 2.75) is 31.2 Å². The van der Waals surface area contributed by atoms with Gasteiger partial charge in [0.25, 0.3) is 5.91 Å². The molecule has 6 nitrogen and oxygen atoms in total. The van der Waals surface area contributed by atoms with Crippen LogP contribution in [0.2, 0.25) is 5.02 Å². The standard InChI is InChI=1S/C21H25ClN2O4S/c1-15-9-11-24(12-10-15)21(25)18-13-17(7-8-20(18)28-2)29(26,27)23-14-16-5-3-4-6-19(16)22/h3-8,13,15,23H,9-12,14H2,1-2H3. The number of likely N-dealkylation sites (tertiary alicyclic amines) is 1. The van der Waals surface area contributed by atoms with Crippen LogP contribution in [0.3, 0.4) is 0 Å². The number of nitrogens with zero attached hydrogens (tertiary/aromatic N) is 1. The van der Waals surface area contributed by atoms with Crippen molar-refractivity contribution >= 4 is 27.5 Å². The third-order valence-electron chi connectivity index (χ3n) is 5.19. The molecule has 2 aromatic rings. The third kappa shape index (κ3) is 5.10. The number of carbonyl (C=O) groups is 1. The molecule has 1 saturated heterocycles. The van der Waals surface area contributed by atoms with Gasteiger partial charge < -0.3 is 9.64 Å². The number of piperidine rings is 1. The van der Waals surface area contributed by atoms with Gasteiger partial charge in [-0.2, -0.15) is 0 Å². The van der Waals surface area contributed by atoms with Gasteiger partial charge in [0.05, 0.1) is 17.6 Å². The minimum Gasteiger partial charge on any atom is -0.496 e. The molecule has 1 aliphatic heterocycles. The number of sulfonamides is 1. The molecule has 1 amide bonds. The number of amides is 1. The van der Waals surface area contributed by atoms with Gasteiger partial charge in [-0.15, -0.1) is 0 Å². The normalized spacial score (nSPS) is 15.3. The molecule has 0 radical (unpaired) electrons. The maximum atomic E-state index is 13.0. The van der Waals surface area contributed by atoms with Crippen LogP contribution in [0.4, 0.5) is 0 Å². The Morgan fingerprint density at radius 3 is 2.55 bits per heavy atom. The lowest BCUT2D eigenvalue weighted by molar-refractivity contribution is 0.0693. The topological polar surface area (TPSA) is 75.7 Å². The first-order valence-corrected chi connectivity index (χ1v) is 11.4. The molecular weight excluding hydrogens is 412 g/mol. The number of halogens is 1. The van der Waals surface area contributed by atoms with Crippen LogP contribution < -0.4 is 9.46 Å². The maximum Gasteiger partial charge on any atom is 0.257 e. The Morgan fingerprint density at radius 1 is 1.21 bits per heavy atom. The quantitative estimate of drug-likeness (QED) is 0.749. The second-order valence-electron chi connectivity index (χ2n) is 7.25. The van der Waals surface area contributed by atoms with E-state index >= 15 is 0 Å². The van der Waals surface area contributed by atoms with Crippen LogP contribution in [-0.2, 0) is 16.6 Å². The number of carbonyl (C=O) groups excluding carboxylic acids is 1. The Bertz CT molecular complexity index is 986. The Labute approximate surface area is 176 Å². The minimum absolute atomic E-state index is 0.0130. The average Bonchev–Trinajstić information content (AvgIpc) is 2.72. The zero-order valence-electron chi connectivity index (χ0n) is 16.5. The van der Waals surface area contributed by atoms with E-state index in [9.17, 15) is 13.2 Å².